The summed E-state index contributed by atoms with van der Waals surface area (Å²) in [4.78, 5) is 13.0. The summed E-state index contributed by atoms with van der Waals surface area (Å²) in [7, 11) is 0. The standard InChI is InChI=1S/C22H21N5O3/c1-13-18(28)19(29)22(30-13)27-11-16(14-5-3-2-4-6-14)17-20(24-12-25-21(17)27)26-15-7-9-23-10-8-15/h2-13,18-19,22,28-29H,1H3,(H,23,24,25,26)/t13-,18+,19+,22-/m1/s1. The molecule has 0 aliphatic carbocycles. The van der Waals surface area contributed by atoms with Crippen molar-refractivity contribution in [2.24, 2.45) is 0 Å². The van der Waals surface area contributed by atoms with E-state index < -0.39 is 24.5 Å². The summed E-state index contributed by atoms with van der Waals surface area (Å²) < 4.78 is 7.63. The molecule has 8 nitrogen and oxygen atoms in total. The van der Waals surface area contributed by atoms with E-state index in [1.54, 1.807) is 23.9 Å². The van der Waals surface area contributed by atoms with Gasteiger partial charge in [-0.1, -0.05) is 30.3 Å². The molecule has 152 valence electrons. The van der Waals surface area contributed by atoms with Gasteiger partial charge in [0.2, 0.25) is 0 Å². The van der Waals surface area contributed by atoms with Crippen molar-refractivity contribution in [1.82, 2.24) is 19.5 Å². The normalized spacial score (nSPS) is 23.7. The molecule has 8 heteroatoms. The number of pyridine rings is 1. The quantitative estimate of drug-likeness (QED) is 0.481. The molecular formula is C22H21N5O3. The van der Waals surface area contributed by atoms with Gasteiger partial charge in [-0.3, -0.25) is 4.98 Å². The van der Waals surface area contributed by atoms with Crippen LogP contribution in [0.3, 0.4) is 0 Å². The minimum Gasteiger partial charge on any atom is -0.388 e. The highest BCUT2D eigenvalue weighted by atomic mass is 16.6. The smallest absolute Gasteiger partial charge is 0.164 e. The molecule has 1 aliphatic rings. The average molecular weight is 403 g/mol. The molecule has 0 unspecified atom stereocenters. The number of anilines is 2. The second-order valence-electron chi connectivity index (χ2n) is 7.31. The Morgan fingerprint density at radius 1 is 1.00 bits per heavy atom. The monoisotopic (exact) mass is 403 g/mol. The summed E-state index contributed by atoms with van der Waals surface area (Å²) in [5, 5.41) is 24.9. The minimum absolute atomic E-state index is 0.487. The molecule has 1 fully saturated rings. The summed E-state index contributed by atoms with van der Waals surface area (Å²) in [6.45, 7) is 1.74. The van der Waals surface area contributed by atoms with E-state index >= 15 is 0 Å². The molecule has 0 radical (unpaired) electrons. The van der Waals surface area contributed by atoms with E-state index in [1.165, 1.54) is 6.33 Å². The van der Waals surface area contributed by atoms with E-state index in [9.17, 15) is 10.2 Å². The largest absolute Gasteiger partial charge is 0.388 e. The van der Waals surface area contributed by atoms with Gasteiger partial charge in [0.15, 0.2) is 6.23 Å². The predicted molar refractivity (Wildman–Crippen MR) is 112 cm³/mol. The number of aliphatic hydroxyl groups is 2. The number of aliphatic hydroxyl groups excluding tert-OH is 2. The van der Waals surface area contributed by atoms with E-state index in [0.29, 0.717) is 11.5 Å². The Kier molecular flexibility index (Phi) is 4.66. The molecule has 1 aliphatic heterocycles. The average Bonchev–Trinajstić information content (AvgIpc) is 3.29. The highest BCUT2D eigenvalue weighted by Crippen LogP contribution is 2.39. The number of hydrogen-bond donors (Lipinski definition) is 3. The lowest BCUT2D eigenvalue weighted by atomic mass is 10.1. The van der Waals surface area contributed by atoms with Gasteiger partial charge in [-0.2, -0.15) is 0 Å². The number of fused-ring (bicyclic) bond motifs is 1. The summed E-state index contributed by atoms with van der Waals surface area (Å²) in [5.74, 6) is 0.630. The lowest BCUT2D eigenvalue weighted by Gasteiger charge is -2.17. The number of aromatic nitrogens is 4. The number of nitrogens with one attached hydrogen (secondary N) is 1. The first-order valence-electron chi connectivity index (χ1n) is 9.73. The number of rotatable bonds is 4. The fraction of sp³-hybridized carbons (Fsp3) is 0.227. The molecule has 1 saturated heterocycles. The van der Waals surface area contributed by atoms with Gasteiger partial charge in [-0.15, -0.1) is 0 Å². The van der Waals surface area contributed by atoms with Crippen LogP contribution < -0.4 is 5.32 Å². The molecule has 0 bridgehead atoms. The van der Waals surface area contributed by atoms with E-state index in [1.807, 2.05) is 48.7 Å². The van der Waals surface area contributed by atoms with Gasteiger partial charge in [0.05, 0.1) is 11.5 Å². The lowest BCUT2D eigenvalue weighted by Crippen LogP contribution is -2.30. The summed E-state index contributed by atoms with van der Waals surface area (Å²) in [5.41, 5.74) is 3.33. The Balaban J connectivity index is 1.70. The zero-order valence-electron chi connectivity index (χ0n) is 16.3. The van der Waals surface area contributed by atoms with Crippen LogP contribution in [0.15, 0.2) is 67.4 Å². The van der Waals surface area contributed by atoms with Gasteiger partial charge < -0.3 is 24.8 Å². The van der Waals surface area contributed by atoms with Crippen LogP contribution in [0.25, 0.3) is 22.2 Å². The molecule has 4 aromatic rings. The number of nitrogens with zero attached hydrogens (tertiary/aromatic N) is 4. The zero-order valence-corrected chi connectivity index (χ0v) is 16.3. The first kappa shape index (κ1) is 18.7. The minimum atomic E-state index is -1.06. The second kappa shape index (κ2) is 7.49. The van der Waals surface area contributed by atoms with Crippen LogP contribution >= 0.6 is 0 Å². The third-order valence-corrected chi connectivity index (χ3v) is 5.39. The highest BCUT2D eigenvalue weighted by molar-refractivity contribution is 6.02. The van der Waals surface area contributed by atoms with Crippen molar-refractivity contribution < 1.29 is 14.9 Å². The van der Waals surface area contributed by atoms with E-state index in [-0.39, 0.29) is 0 Å². The molecule has 4 atom stereocenters. The Hall–Kier alpha value is -3.33. The van der Waals surface area contributed by atoms with Crippen molar-refractivity contribution >= 4 is 22.5 Å². The van der Waals surface area contributed by atoms with Gasteiger partial charge in [0, 0.05) is 29.8 Å². The van der Waals surface area contributed by atoms with Crippen LogP contribution in [0.5, 0.6) is 0 Å². The first-order valence-corrected chi connectivity index (χ1v) is 9.73. The lowest BCUT2D eigenvalue weighted by molar-refractivity contribution is -0.0295. The van der Waals surface area contributed by atoms with Crippen LogP contribution in [-0.4, -0.2) is 48.0 Å². The number of benzene rings is 1. The maximum absolute atomic E-state index is 10.6. The molecule has 3 aromatic heterocycles. The molecule has 0 amide bonds. The second-order valence-corrected chi connectivity index (χ2v) is 7.31. The highest BCUT2D eigenvalue weighted by Gasteiger charge is 2.42. The molecule has 0 spiro atoms. The predicted octanol–water partition coefficient (Wildman–Crippen LogP) is 2.88. The van der Waals surface area contributed by atoms with Crippen molar-refractivity contribution in [2.75, 3.05) is 5.32 Å². The zero-order chi connectivity index (χ0) is 20.7. The Morgan fingerprint density at radius 3 is 2.47 bits per heavy atom. The van der Waals surface area contributed by atoms with Crippen LogP contribution in [0.1, 0.15) is 13.2 Å². The number of hydrogen-bond acceptors (Lipinski definition) is 7. The van der Waals surface area contributed by atoms with E-state index in [0.717, 1.165) is 22.2 Å². The molecule has 0 saturated carbocycles. The first-order chi connectivity index (χ1) is 14.6. The van der Waals surface area contributed by atoms with Crippen molar-refractivity contribution in [1.29, 1.82) is 0 Å². The van der Waals surface area contributed by atoms with Crippen molar-refractivity contribution in [3.63, 3.8) is 0 Å². The van der Waals surface area contributed by atoms with Crippen LogP contribution in [0.2, 0.25) is 0 Å². The molecule has 1 aromatic carbocycles. The summed E-state index contributed by atoms with van der Waals surface area (Å²) >= 11 is 0. The molecule has 5 rings (SSSR count). The Labute approximate surface area is 172 Å². The topological polar surface area (TPSA) is 105 Å². The fourth-order valence-corrected chi connectivity index (χ4v) is 3.84. The van der Waals surface area contributed by atoms with Crippen molar-refractivity contribution in [3.05, 3.63) is 67.4 Å². The summed E-state index contributed by atoms with van der Waals surface area (Å²) in [6.07, 6.45) is 3.50. The summed E-state index contributed by atoms with van der Waals surface area (Å²) in [6, 6.07) is 13.6. The van der Waals surface area contributed by atoms with E-state index in [2.05, 4.69) is 20.3 Å². The van der Waals surface area contributed by atoms with Crippen molar-refractivity contribution in [3.8, 4) is 11.1 Å². The van der Waals surface area contributed by atoms with Gasteiger partial charge in [-0.05, 0) is 24.6 Å². The maximum atomic E-state index is 10.6. The Bertz CT molecular complexity index is 1170. The van der Waals surface area contributed by atoms with Crippen LogP contribution in [0, 0.1) is 0 Å². The molecule has 3 N–H and O–H groups in total. The van der Waals surface area contributed by atoms with E-state index in [4.69, 9.17) is 4.74 Å². The molecule has 4 heterocycles. The van der Waals surface area contributed by atoms with Gasteiger partial charge in [0.25, 0.3) is 0 Å². The maximum Gasteiger partial charge on any atom is 0.164 e. The van der Waals surface area contributed by atoms with Crippen LogP contribution in [0.4, 0.5) is 11.5 Å². The molecular weight excluding hydrogens is 382 g/mol. The molecule has 30 heavy (non-hydrogen) atoms. The van der Waals surface area contributed by atoms with Gasteiger partial charge in [0.1, 0.15) is 30.0 Å². The fourth-order valence-electron chi connectivity index (χ4n) is 3.84. The van der Waals surface area contributed by atoms with Crippen molar-refractivity contribution in [2.45, 2.75) is 31.5 Å². The third-order valence-electron chi connectivity index (χ3n) is 5.39. The SMILES string of the molecule is C[C@H]1O[C@@H](n2cc(-c3ccccc3)c3c(Nc4ccncc4)ncnc32)[C@@H](O)[C@H]1O. The third kappa shape index (κ3) is 3.11. The van der Waals surface area contributed by atoms with Crippen LogP contribution in [-0.2, 0) is 4.74 Å². The number of ether oxygens (including phenoxy) is 1. The van der Waals surface area contributed by atoms with Gasteiger partial charge in [-0.25, -0.2) is 9.97 Å². The Morgan fingerprint density at radius 2 is 1.77 bits per heavy atom. The van der Waals surface area contributed by atoms with Gasteiger partial charge >= 0.3 is 0 Å².